The molecule has 3 aromatic rings. The van der Waals surface area contributed by atoms with Gasteiger partial charge >= 0.3 is 0 Å². The fraction of sp³-hybridized carbons (Fsp3) is 0.185. The summed E-state index contributed by atoms with van der Waals surface area (Å²) < 4.78 is 5.74. The molecule has 162 valence electrons. The predicted octanol–water partition coefficient (Wildman–Crippen LogP) is 6.17. The summed E-state index contributed by atoms with van der Waals surface area (Å²) in [6.45, 7) is 7.85. The van der Waals surface area contributed by atoms with E-state index in [9.17, 15) is 9.59 Å². The highest BCUT2D eigenvalue weighted by Crippen LogP contribution is 2.41. The minimum atomic E-state index is -0.309. The number of aryl methyl sites for hydroxylation is 2. The highest BCUT2D eigenvalue weighted by molar-refractivity contribution is 8.04. The number of carbonyl (C=O) groups excluding carboxylic acids is 2. The Morgan fingerprint density at radius 1 is 0.812 bits per heavy atom. The minimum Gasteiger partial charge on any atom is -0.491 e. The molecule has 0 bridgehead atoms. The third-order valence-corrected chi connectivity index (χ3v) is 6.07. The van der Waals surface area contributed by atoms with Crippen LogP contribution in [0.25, 0.3) is 5.57 Å². The first-order valence-electron chi connectivity index (χ1n) is 10.5. The second-order valence-corrected chi connectivity index (χ2v) is 9.19. The molecule has 4 nitrogen and oxygen atoms in total. The van der Waals surface area contributed by atoms with Crippen LogP contribution in [0.5, 0.6) is 5.75 Å². The summed E-state index contributed by atoms with van der Waals surface area (Å²) in [5, 5.41) is 0. The molecule has 5 heteroatoms. The van der Waals surface area contributed by atoms with Gasteiger partial charge in [-0.3, -0.25) is 9.59 Å². The van der Waals surface area contributed by atoms with E-state index in [1.54, 1.807) is 0 Å². The van der Waals surface area contributed by atoms with E-state index in [0.717, 1.165) is 21.8 Å². The lowest BCUT2D eigenvalue weighted by Crippen LogP contribution is -2.31. The molecular weight excluding hydrogens is 418 g/mol. The van der Waals surface area contributed by atoms with Crippen LogP contribution >= 0.6 is 11.8 Å². The summed E-state index contributed by atoms with van der Waals surface area (Å²) in [7, 11) is 0. The Kier molecular flexibility index (Phi) is 6.19. The number of hydrogen-bond donors (Lipinski definition) is 0. The number of benzene rings is 3. The molecule has 0 saturated heterocycles. The normalized spacial score (nSPS) is 14.0. The van der Waals surface area contributed by atoms with Crippen molar-refractivity contribution >= 4 is 34.8 Å². The van der Waals surface area contributed by atoms with Gasteiger partial charge in [0.2, 0.25) is 0 Å². The van der Waals surface area contributed by atoms with Crippen LogP contribution in [-0.2, 0) is 9.59 Å². The molecular formula is C27H25NO3S. The maximum atomic E-state index is 13.6. The van der Waals surface area contributed by atoms with Crippen LogP contribution in [0.2, 0.25) is 0 Å². The second kappa shape index (κ2) is 9.05. The SMILES string of the molecule is Cc1cc(C)cc(N2C(=O)C(Sc3ccccc3)=C(c3ccc(OC(C)C)cc3)C2=O)c1. The van der Waals surface area contributed by atoms with Gasteiger partial charge in [-0.25, -0.2) is 4.90 Å². The van der Waals surface area contributed by atoms with Gasteiger partial charge in [0, 0.05) is 4.90 Å². The molecule has 0 aliphatic carbocycles. The van der Waals surface area contributed by atoms with Crippen LogP contribution in [0.1, 0.15) is 30.5 Å². The fourth-order valence-electron chi connectivity index (χ4n) is 3.75. The third kappa shape index (κ3) is 4.48. The monoisotopic (exact) mass is 443 g/mol. The van der Waals surface area contributed by atoms with Gasteiger partial charge in [0.1, 0.15) is 5.75 Å². The Morgan fingerprint density at radius 2 is 1.44 bits per heavy atom. The number of rotatable bonds is 6. The van der Waals surface area contributed by atoms with Crippen molar-refractivity contribution in [3.05, 3.63) is 94.4 Å². The number of amides is 2. The van der Waals surface area contributed by atoms with E-state index < -0.39 is 0 Å². The first kappa shape index (κ1) is 21.9. The zero-order chi connectivity index (χ0) is 22.8. The standard InChI is InChI=1S/C27H25NO3S/c1-17(2)31-22-12-10-20(11-13-22)24-25(32-23-8-6-5-7-9-23)27(30)28(26(24)29)21-15-18(3)14-19(4)16-21/h5-17H,1-4H3. The van der Waals surface area contributed by atoms with Crippen molar-refractivity contribution in [2.24, 2.45) is 0 Å². The van der Waals surface area contributed by atoms with Crippen LogP contribution in [0.3, 0.4) is 0 Å². The molecule has 0 atom stereocenters. The molecule has 0 unspecified atom stereocenters. The van der Waals surface area contributed by atoms with Gasteiger partial charge in [-0.15, -0.1) is 0 Å². The quantitative estimate of drug-likeness (QED) is 0.428. The van der Waals surface area contributed by atoms with E-state index in [-0.39, 0.29) is 17.9 Å². The Labute approximate surface area is 192 Å². The number of imide groups is 1. The number of nitrogens with zero attached hydrogens (tertiary/aromatic N) is 1. The van der Waals surface area contributed by atoms with Gasteiger partial charge in [-0.05, 0) is 80.8 Å². The molecule has 0 N–H and O–H groups in total. The molecule has 1 aliphatic heterocycles. The topological polar surface area (TPSA) is 46.6 Å². The number of anilines is 1. The summed E-state index contributed by atoms with van der Waals surface area (Å²) in [6, 6.07) is 22.8. The summed E-state index contributed by atoms with van der Waals surface area (Å²) in [5.41, 5.74) is 3.71. The predicted molar refractivity (Wildman–Crippen MR) is 130 cm³/mol. The first-order valence-corrected chi connectivity index (χ1v) is 11.4. The van der Waals surface area contributed by atoms with Gasteiger partial charge in [-0.2, -0.15) is 0 Å². The van der Waals surface area contributed by atoms with Crippen LogP contribution in [0.15, 0.2) is 82.6 Å². The smallest absolute Gasteiger partial charge is 0.272 e. The second-order valence-electron chi connectivity index (χ2n) is 8.10. The van der Waals surface area contributed by atoms with Gasteiger partial charge < -0.3 is 4.74 Å². The third-order valence-electron chi connectivity index (χ3n) is 4.98. The summed E-state index contributed by atoms with van der Waals surface area (Å²) in [4.78, 5) is 29.8. The van der Waals surface area contributed by atoms with E-state index in [1.165, 1.54) is 16.7 Å². The van der Waals surface area contributed by atoms with Crippen LogP contribution in [0.4, 0.5) is 5.69 Å². The lowest BCUT2D eigenvalue weighted by Gasteiger charge is -2.17. The first-order chi connectivity index (χ1) is 15.3. The molecule has 4 rings (SSSR count). The van der Waals surface area contributed by atoms with Crippen LogP contribution in [0, 0.1) is 13.8 Å². The van der Waals surface area contributed by atoms with Crippen LogP contribution < -0.4 is 9.64 Å². The van der Waals surface area contributed by atoms with E-state index in [2.05, 4.69) is 0 Å². The summed E-state index contributed by atoms with van der Waals surface area (Å²) in [5.74, 6) is 0.117. The zero-order valence-corrected chi connectivity index (χ0v) is 19.4. The van der Waals surface area contributed by atoms with Crippen molar-refractivity contribution in [2.75, 3.05) is 4.90 Å². The minimum absolute atomic E-state index is 0.0546. The largest absolute Gasteiger partial charge is 0.491 e. The number of carbonyl (C=O) groups is 2. The van der Waals surface area contributed by atoms with Gasteiger partial charge in [0.15, 0.2) is 0 Å². The van der Waals surface area contributed by atoms with E-state index in [4.69, 9.17) is 4.74 Å². The Balaban J connectivity index is 1.79. The van der Waals surface area contributed by atoms with Crippen molar-refractivity contribution in [2.45, 2.75) is 38.7 Å². The molecule has 0 saturated carbocycles. The van der Waals surface area contributed by atoms with Gasteiger partial charge in [0.05, 0.1) is 22.3 Å². The van der Waals surface area contributed by atoms with E-state index >= 15 is 0 Å². The zero-order valence-electron chi connectivity index (χ0n) is 18.6. The number of hydrogen-bond acceptors (Lipinski definition) is 4. The molecule has 1 heterocycles. The molecule has 2 amide bonds. The van der Waals surface area contributed by atoms with E-state index in [0.29, 0.717) is 21.7 Å². The lowest BCUT2D eigenvalue weighted by molar-refractivity contribution is -0.119. The molecule has 0 fully saturated rings. The van der Waals surface area contributed by atoms with Crippen molar-refractivity contribution in [3.63, 3.8) is 0 Å². The molecule has 0 aromatic heterocycles. The Morgan fingerprint density at radius 3 is 2.03 bits per heavy atom. The van der Waals surface area contributed by atoms with Crippen molar-refractivity contribution in [3.8, 4) is 5.75 Å². The maximum Gasteiger partial charge on any atom is 0.272 e. The van der Waals surface area contributed by atoms with Crippen molar-refractivity contribution in [1.82, 2.24) is 0 Å². The molecule has 0 spiro atoms. The molecule has 0 radical (unpaired) electrons. The van der Waals surface area contributed by atoms with Crippen molar-refractivity contribution < 1.29 is 14.3 Å². The number of ether oxygens (including phenoxy) is 1. The Bertz CT molecular complexity index is 1180. The van der Waals surface area contributed by atoms with Crippen molar-refractivity contribution in [1.29, 1.82) is 0 Å². The van der Waals surface area contributed by atoms with Gasteiger partial charge in [-0.1, -0.05) is 48.2 Å². The maximum absolute atomic E-state index is 13.6. The van der Waals surface area contributed by atoms with Gasteiger partial charge in [0.25, 0.3) is 11.8 Å². The summed E-state index contributed by atoms with van der Waals surface area (Å²) in [6.07, 6.45) is 0.0546. The Hall–Kier alpha value is -3.31. The highest BCUT2D eigenvalue weighted by Gasteiger charge is 2.40. The van der Waals surface area contributed by atoms with E-state index in [1.807, 2.05) is 100 Å². The summed E-state index contributed by atoms with van der Waals surface area (Å²) >= 11 is 1.32. The number of thioether (sulfide) groups is 1. The average Bonchev–Trinajstić information content (AvgIpc) is 2.98. The molecule has 1 aliphatic rings. The fourth-order valence-corrected chi connectivity index (χ4v) is 4.77. The average molecular weight is 444 g/mol. The lowest BCUT2D eigenvalue weighted by atomic mass is 10.1. The highest BCUT2D eigenvalue weighted by atomic mass is 32.2. The molecule has 32 heavy (non-hydrogen) atoms. The molecule has 3 aromatic carbocycles. The van der Waals surface area contributed by atoms with Crippen LogP contribution in [-0.4, -0.2) is 17.9 Å².